The molecule has 0 aliphatic carbocycles. The zero-order chi connectivity index (χ0) is 16.8. The third-order valence-electron chi connectivity index (χ3n) is 4.54. The van der Waals surface area contributed by atoms with Crippen molar-refractivity contribution in [2.45, 2.75) is 39.2 Å². The first-order valence-corrected chi connectivity index (χ1v) is 8.62. The van der Waals surface area contributed by atoms with Crippen LogP contribution >= 0.6 is 0 Å². The third-order valence-corrected chi connectivity index (χ3v) is 4.54. The second-order valence-corrected chi connectivity index (χ2v) is 7.07. The summed E-state index contributed by atoms with van der Waals surface area (Å²) < 4.78 is 5.23. The number of nitrogens with zero attached hydrogens (tertiary/aromatic N) is 1. The van der Waals surface area contributed by atoms with Crippen LogP contribution in [0.4, 0.5) is 0 Å². The van der Waals surface area contributed by atoms with Gasteiger partial charge in [-0.05, 0) is 56.5 Å². The van der Waals surface area contributed by atoms with Crippen molar-refractivity contribution in [1.82, 2.24) is 10.2 Å². The van der Waals surface area contributed by atoms with Gasteiger partial charge in [0.2, 0.25) is 5.91 Å². The highest BCUT2D eigenvalue weighted by Gasteiger charge is 2.26. The average molecular weight is 318 g/mol. The first-order chi connectivity index (χ1) is 11.0. The van der Waals surface area contributed by atoms with Crippen molar-refractivity contribution in [3.05, 3.63) is 29.8 Å². The Morgan fingerprint density at radius 3 is 2.61 bits per heavy atom. The molecule has 1 aliphatic heterocycles. The van der Waals surface area contributed by atoms with Crippen LogP contribution in [0, 0.1) is 11.8 Å². The number of ether oxygens (including phenoxy) is 1. The maximum Gasteiger partial charge on any atom is 0.224 e. The lowest BCUT2D eigenvalue weighted by molar-refractivity contribution is -0.127. The summed E-state index contributed by atoms with van der Waals surface area (Å²) in [5, 5.41) is 3.29. The fourth-order valence-corrected chi connectivity index (χ4v) is 3.26. The number of hydrogen-bond acceptors (Lipinski definition) is 3. The van der Waals surface area contributed by atoms with Crippen LogP contribution in [0.3, 0.4) is 0 Å². The van der Waals surface area contributed by atoms with Crippen molar-refractivity contribution in [1.29, 1.82) is 0 Å². The molecule has 23 heavy (non-hydrogen) atoms. The number of nitrogens with one attached hydrogen (secondary N) is 1. The van der Waals surface area contributed by atoms with E-state index in [1.165, 1.54) is 0 Å². The summed E-state index contributed by atoms with van der Waals surface area (Å²) >= 11 is 0. The zero-order valence-corrected chi connectivity index (χ0v) is 14.8. The summed E-state index contributed by atoms with van der Waals surface area (Å²) in [6.45, 7) is 6.34. The van der Waals surface area contributed by atoms with Gasteiger partial charge >= 0.3 is 0 Å². The molecule has 1 aromatic carbocycles. The van der Waals surface area contributed by atoms with Crippen LogP contribution in [0.5, 0.6) is 5.75 Å². The first kappa shape index (κ1) is 17.8. The molecule has 0 saturated carbocycles. The molecule has 0 bridgehead atoms. The van der Waals surface area contributed by atoms with Gasteiger partial charge in [0.05, 0.1) is 19.1 Å². The molecule has 1 heterocycles. The summed E-state index contributed by atoms with van der Waals surface area (Å²) in [6, 6.07) is 8.10. The molecule has 0 unspecified atom stereocenters. The van der Waals surface area contributed by atoms with E-state index >= 15 is 0 Å². The van der Waals surface area contributed by atoms with Crippen LogP contribution in [0.1, 0.15) is 44.7 Å². The Morgan fingerprint density at radius 1 is 1.35 bits per heavy atom. The normalized spacial score (nSPS) is 20.3. The van der Waals surface area contributed by atoms with Gasteiger partial charge in [-0.1, -0.05) is 26.0 Å². The van der Waals surface area contributed by atoms with Gasteiger partial charge in [-0.2, -0.15) is 0 Å². The third kappa shape index (κ3) is 5.24. The summed E-state index contributed by atoms with van der Waals surface area (Å²) in [4.78, 5) is 14.9. The van der Waals surface area contributed by atoms with Gasteiger partial charge in [0.15, 0.2) is 0 Å². The lowest BCUT2D eigenvalue weighted by atomic mass is 9.94. The Balaban J connectivity index is 2.06. The largest absolute Gasteiger partial charge is 0.497 e. The Morgan fingerprint density at radius 2 is 2.04 bits per heavy atom. The lowest BCUT2D eigenvalue weighted by Gasteiger charge is -2.30. The number of carbonyl (C=O) groups excluding carboxylic acids is 1. The Hall–Kier alpha value is -1.55. The van der Waals surface area contributed by atoms with Crippen molar-refractivity contribution in [3.8, 4) is 5.75 Å². The van der Waals surface area contributed by atoms with Crippen LogP contribution < -0.4 is 10.1 Å². The molecule has 1 aromatic rings. The van der Waals surface area contributed by atoms with E-state index in [1.807, 2.05) is 12.1 Å². The molecule has 2 atom stereocenters. The molecule has 4 heteroatoms. The highest BCUT2D eigenvalue weighted by molar-refractivity contribution is 5.79. The van der Waals surface area contributed by atoms with E-state index < -0.39 is 0 Å². The van der Waals surface area contributed by atoms with E-state index in [2.05, 4.69) is 43.2 Å². The average Bonchev–Trinajstić information content (AvgIpc) is 2.54. The maximum absolute atomic E-state index is 12.7. The molecule has 1 amide bonds. The fraction of sp³-hybridized carbons (Fsp3) is 0.632. The predicted octanol–water partition coefficient (Wildman–Crippen LogP) is 3.24. The Kier molecular flexibility index (Phi) is 6.46. The van der Waals surface area contributed by atoms with Crippen molar-refractivity contribution in [2.75, 3.05) is 27.2 Å². The van der Waals surface area contributed by atoms with Gasteiger partial charge in [-0.3, -0.25) is 4.79 Å². The number of benzene rings is 1. The van der Waals surface area contributed by atoms with E-state index in [4.69, 9.17) is 4.74 Å². The van der Waals surface area contributed by atoms with Crippen molar-refractivity contribution in [3.63, 3.8) is 0 Å². The molecular formula is C19H30N2O2. The molecule has 0 radical (unpaired) electrons. The number of carbonyl (C=O) groups is 1. The summed E-state index contributed by atoms with van der Waals surface area (Å²) in [7, 11) is 3.76. The molecule has 0 spiro atoms. The van der Waals surface area contributed by atoms with Gasteiger partial charge in [0.1, 0.15) is 5.75 Å². The summed E-state index contributed by atoms with van der Waals surface area (Å²) in [6.07, 6.45) is 3.04. The fourth-order valence-electron chi connectivity index (χ4n) is 3.26. The zero-order valence-electron chi connectivity index (χ0n) is 14.8. The lowest BCUT2D eigenvalue weighted by Crippen LogP contribution is -2.42. The monoisotopic (exact) mass is 318 g/mol. The van der Waals surface area contributed by atoms with E-state index in [0.29, 0.717) is 5.92 Å². The maximum atomic E-state index is 12.7. The van der Waals surface area contributed by atoms with E-state index in [0.717, 1.165) is 43.7 Å². The van der Waals surface area contributed by atoms with E-state index in [9.17, 15) is 4.79 Å². The van der Waals surface area contributed by atoms with Crippen LogP contribution in [0.2, 0.25) is 0 Å². The molecule has 1 aliphatic rings. The molecule has 128 valence electrons. The minimum atomic E-state index is 0.0700. The van der Waals surface area contributed by atoms with E-state index in [1.54, 1.807) is 7.11 Å². The second kappa shape index (κ2) is 8.34. The van der Waals surface area contributed by atoms with Gasteiger partial charge in [-0.25, -0.2) is 0 Å². The number of piperidine rings is 1. The van der Waals surface area contributed by atoms with Crippen molar-refractivity contribution in [2.24, 2.45) is 11.8 Å². The number of amides is 1. The quantitative estimate of drug-likeness (QED) is 0.875. The topological polar surface area (TPSA) is 41.6 Å². The van der Waals surface area contributed by atoms with Gasteiger partial charge in [0.25, 0.3) is 0 Å². The predicted molar refractivity (Wildman–Crippen MR) is 93.6 cm³/mol. The van der Waals surface area contributed by atoms with Gasteiger partial charge < -0.3 is 15.0 Å². The molecular weight excluding hydrogens is 288 g/mol. The highest BCUT2D eigenvalue weighted by atomic mass is 16.5. The number of hydrogen-bond donors (Lipinski definition) is 1. The highest BCUT2D eigenvalue weighted by Crippen LogP contribution is 2.25. The Bertz CT molecular complexity index is 499. The van der Waals surface area contributed by atoms with Gasteiger partial charge in [0, 0.05) is 6.54 Å². The SMILES string of the molecule is COc1ccc([C@H](CC(C)C)NC(=O)[C@H]2CCCN(C)C2)cc1. The van der Waals surface area contributed by atoms with Crippen LogP contribution in [0.25, 0.3) is 0 Å². The van der Waals surface area contributed by atoms with Crippen molar-refractivity contribution >= 4 is 5.91 Å². The van der Waals surface area contributed by atoms with Crippen LogP contribution in [0.15, 0.2) is 24.3 Å². The van der Waals surface area contributed by atoms with Crippen LogP contribution in [-0.2, 0) is 4.79 Å². The molecule has 1 saturated heterocycles. The molecule has 2 rings (SSSR count). The molecule has 1 N–H and O–H groups in total. The minimum absolute atomic E-state index is 0.0700. The smallest absolute Gasteiger partial charge is 0.224 e. The molecule has 4 nitrogen and oxygen atoms in total. The number of methoxy groups -OCH3 is 1. The summed E-state index contributed by atoms with van der Waals surface area (Å²) in [5.74, 6) is 1.67. The molecule has 0 aromatic heterocycles. The molecule has 1 fully saturated rings. The second-order valence-electron chi connectivity index (χ2n) is 7.07. The summed E-state index contributed by atoms with van der Waals surface area (Å²) in [5.41, 5.74) is 1.15. The van der Waals surface area contributed by atoms with Gasteiger partial charge in [-0.15, -0.1) is 0 Å². The first-order valence-electron chi connectivity index (χ1n) is 8.62. The standard InChI is InChI=1S/C19H30N2O2/c1-14(2)12-18(15-7-9-17(23-4)10-8-15)20-19(22)16-6-5-11-21(3)13-16/h7-10,14,16,18H,5-6,11-13H2,1-4H3,(H,20,22)/t16-,18-/m0/s1. The van der Waals surface area contributed by atoms with Crippen molar-refractivity contribution < 1.29 is 9.53 Å². The minimum Gasteiger partial charge on any atom is -0.497 e. The number of likely N-dealkylation sites (tertiary alicyclic amines) is 1. The Labute approximate surface area is 140 Å². The number of rotatable bonds is 6. The van der Waals surface area contributed by atoms with E-state index in [-0.39, 0.29) is 17.9 Å². The van der Waals surface area contributed by atoms with Crippen LogP contribution in [-0.4, -0.2) is 38.1 Å².